The first kappa shape index (κ1) is 14.1. The molecule has 0 aliphatic carbocycles. The van der Waals surface area contributed by atoms with Gasteiger partial charge < -0.3 is 9.84 Å². The van der Waals surface area contributed by atoms with Crippen LogP contribution in [0.2, 0.25) is 0 Å². The molecule has 17 heavy (non-hydrogen) atoms. The Hall–Kier alpha value is -0.970. The van der Waals surface area contributed by atoms with Crippen molar-refractivity contribution in [2.24, 2.45) is 0 Å². The van der Waals surface area contributed by atoms with E-state index < -0.39 is 6.10 Å². The van der Waals surface area contributed by atoms with E-state index in [-0.39, 0.29) is 0 Å². The van der Waals surface area contributed by atoms with Gasteiger partial charge in [-0.25, -0.2) is 0 Å². The number of aliphatic hydroxyl groups is 1. The van der Waals surface area contributed by atoms with Crippen LogP contribution < -0.4 is 0 Å². The van der Waals surface area contributed by atoms with E-state index in [0.29, 0.717) is 19.8 Å². The highest BCUT2D eigenvalue weighted by Crippen LogP contribution is 2.02. The van der Waals surface area contributed by atoms with Gasteiger partial charge in [0, 0.05) is 25.9 Å². The molecule has 96 valence electrons. The van der Waals surface area contributed by atoms with Gasteiger partial charge in [0.25, 0.3) is 0 Å². The van der Waals surface area contributed by atoms with E-state index in [1.54, 1.807) is 6.20 Å². The Bertz CT molecular complexity index is 293. The van der Waals surface area contributed by atoms with Crippen molar-refractivity contribution in [2.45, 2.75) is 26.5 Å². The van der Waals surface area contributed by atoms with Crippen molar-refractivity contribution in [1.82, 2.24) is 9.88 Å². The molecule has 0 aromatic carbocycles. The van der Waals surface area contributed by atoms with Crippen molar-refractivity contribution in [3.8, 4) is 0 Å². The van der Waals surface area contributed by atoms with Crippen molar-refractivity contribution in [2.75, 3.05) is 26.3 Å². The minimum Gasteiger partial charge on any atom is -0.389 e. The average Bonchev–Trinajstić information content (AvgIpc) is 2.36. The third-order valence-corrected chi connectivity index (χ3v) is 2.54. The third-order valence-electron chi connectivity index (χ3n) is 2.54. The summed E-state index contributed by atoms with van der Waals surface area (Å²) < 4.78 is 5.20. The minimum atomic E-state index is -0.432. The zero-order valence-electron chi connectivity index (χ0n) is 10.7. The smallest absolute Gasteiger partial charge is 0.0900 e. The molecular weight excluding hydrogens is 216 g/mol. The quantitative estimate of drug-likeness (QED) is 0.741. The van der Waals surface area contributed by atoms with E-state index in [0.717, 1.165) is 18.8 Å². The van der Waals surface area contributed by atoms with E-state index in [4.69, 9.17) is 4.74 Å². The van der Waals surface area contributed by atoms with E-state index in [1.165, 1.54) is 0 Å². The molecule has 0 bridgehead atoms. The second kappa shape index (κ2) is 8.17. The fourth-order valence-corrected chi connectivity index (χ4v) is 1.63. The molecule has 1 rings (SSSR count). The third kappa shape index (κ3) is 5.77. The van der Waals surface area contributed by atoms with Crippen LogP contribution >= 0.6 is 0 Å². The minimum absolute atomic E-state index is 0.398. The van der Waals surface area contributed by atoms with Crippen LogP contribution in [0.4, 0.5) is 0 Å². The summed E-state index contributed by atoms with van der Waals surface area (Å²) in [6, 6.07) is 5.88. The van der Waals surface area contributed by atoms with Gasteiger partial charge in [0.1, 0.15) is 0 Å². The maximum Gasteiger partial charge on any atom is 0.0900 e. The first-order valence-corrected chi connectivity index (χ1v) is 6.14. The Morgan fingerprint density at radius 3 is 2.82 bits per heavy atom. The van der Waals surface area contributed by atoms with Crippen molar-refractivity contribution >= 4 is 0 Å². The molecule has 1 heterocycles. The molecule has 4 nitrogen and oxygen atoms in total. The molecule has 0 saturated carbocycles. The van der Waals surface area contributed by atoms with Crippen LogP contribution in [0.15, 0.2) is 24.4 Å². The number of pyridine rings is 1. The monoisotopic (exact) mass is 238 g/mol. The Kier molecular flexibility index (Phi) is 6.77. The van der Waals surface area contributed by atoms with Crippen LogP contribution in [0.1, 0.15) is 19.5 Å². The summed E-state index contributed by atoms with van der Waals surface area (Å²) in [5.74, 6) is 0. The van der Waals surface area contributed by atoms with E-state index in [2.05, 4.69) is 16.8 Å². The molecule has 1 N–H and O–H groups in total. The predicted octanol–water partition coefficient (Wildman–Crippen LogP) is 1.30. The normalized spacial score (nSPS) is 12.9. The lowest BCUT2D eigenvalue weighted by molar-refractivity contribution is 0.0204. The number of ether oxygens (including phenoxy) is 1. The second-order valence-electron chi connectivity index (χ2n) is 3.96. The van der Waals surface area contributed by atoms with Gasteiger partial charge in [-0.15, -0.1) is 0 Å². The zero-order chi connectivity index (χ0) is 12.5. The fourth-order valence-electron chi connectivity index (χ4n) is 1.63. The zero-order valence-corrected chi connectivity index (χ0v) is 10.7. The highest BCUT2D eigenvalue weighted by atomic mass is 16.5. The number of likely N-dealkylation sites (N-methyl/N-ethyl adjacent to an activating group) is 1. The topological polar surface area (TPSA) is 45.6 Å². The van der Waals surface area contributed by atoms with Crippen molar-refractivity contribution in [3.63, 3.8) is 0 Å². The maximum atomic E-state index is 9.77. The number of aromatic nitrogens is 1. The molecular formula is C13H22N2O2. The van der Waals surface area contributed by atoms with Gasteiger partial charge in [-0.05, 0) is 25.6 Å². The fraction of sp³-hybridized carbons (Fsp3) is 0.615. The molecule has 0 spiro atoms. The first-order chi connectivity index (χ1) is 8.26. The lowest BCUT2D eigenvalue weighted by Gasteiger charge is -2.23. The van der Waals surface area contributed by atoms with E-state index in [1.807, 2.05) is 25.1 Å². The number of rotatable bonds is 8. The maximum absolute atomic E-state index is 9.77. The second-order valence-corrected chi connectivity index (χ2v) is 3.96. The van der Waals surface area contributed by atoms with Crippen LogP contribution in [-0.4, -0.2) is 47.4 Å². The molecule has 0 amide bonds. The SMILES string of the molecule is CCOCC(O)CN(CC)Cc1ccccn1. The van der Waals surface area contributed by atoms with Gasteiger partial charge in [0.15, 0.2) is 0 Å². The van der Waals surface area contributed by atoms with Crippen LogP contribution in [-0.2, 0) is 11.3 Å². The Morgan fingerprint density at radius 2 is 2.24 bits per heavy atom. The molecule has 0 aliphatic rings. The van der Waals surface area contributed by atoms with Crippen LogP contribution in [0.3, 0.4) is 0 Å². The summed E-state index contributed by atoms with van der Waals surface area (Å²) in [5.41, 5.74) is 1.03. The van der Waals surface area contributed by atoms with Gasteiger partial charge in [0.05, 0.1) is 18.4 Å². The average molecular weight is 238 g/mol. The molecule has 4 heteroatoms. The summed E-state index contributed by atoms with van der Waals surface area (Å²) in [6.45, 7) is 7.32. The Balaban J connectivity index is 2.38. The summed E-state index contributed by atoms with van der Waals surface area (Å²) in [6.07, 6.45) is 1.36. The van der Waals surface area contributed by atoms with Crippen LogP contribution in [0, 0.1) is 0 Å². The predicted molar refractivity (Wildman–Crippen MR) is 67.7 cm³/mol. The summed E-state index contributed by atoms with van der Waals surface area (Å²) in [4.78, 5) is 6.44. The highest BCUT2D eigenvalue weighted by Gasteiger charge is 2.11. The lowest BCUT2D eigenvalue weighted by Crippen LogP contribution is -2.34. The van der Waals surface area contributed by atoms with Crippen molar-refractivity contribution in [3.05, 3.63) is 30.1 Å². The van der Waals surface area contributed by atoms with Crippen molar-refractivity contribution in [1.29, 1.82) is 0 Å². The molecule has 1 aromatic rings. The Morgan fingerprint density at radius 1 is 1.41 bits per heavy atom. The molecule has 0 aliphatic heterocycles. The number of hydrogen-bond donors (Lipinski definition) is 1. The number of nitrogens with zero attached hydrogens (tertiary/aromatic N) is 2. The molecule has 1 atom stereocenters. The standard InChI is InChI=1S/C13H22N2O2/c1-3-15(10-13(16)11-17-4-2)9-12-7-5-6-8-14-12/h5-8,13,16H,3-4,9-11H2,1-2H3. The molecule has 0 radical (unpaired) electrons. The van der Waals surface area contributed by atoms with Gasteiger partial charge in [0.2, 0.25) is 0 Å². The summed E-state index contributed by atoms with van der Waals surface area (Å²) in [5, 5.41) is 9.77. The largest absolute Gasteiger partial charge is 0.389 e. The molecule has 0 fully saturated rings. The molecule has 0 saturated heterocycles. The van der Waals surface area contributed by atoms with Crippen LogP contribution in [0.5, 0.6) is 0 Å². The molecule has 1 unspecified atom stereocenters. The van der Waals surface area contributed by atoms with Gasteiger partial charge >= 0.3 is 0 Å². The van der Waals surface area contributed by atoms with E-state index >= 15 is 0 Å². The molecule has 1 aromatic heterocycles. The highest BCUT2D eigenvalue weighted by molar-refractivity contribution is 5.03. The summed E-state index contributed by atoms with van der Waals surface area (Å²) >= 11 is 0. The van der Waals surface area contributed by atoms with Gasteiger partial charge in [-0.1, -0.05) is 13.0 Å². The number of hydrogen-bond acceptors (Lipinski definition) is 4. The van der Waals surface area contributed by atoms with Crippen molar-refractivity contribution < 1.29 is 9.84 Å². The van der Waals surface area contributed by atoms with E-state index in [9.17, 15) is 5.11 Å². The first-order valence-electron chi connectivity index (χ1n) is 6.14. The number of aliphatic hydroxyl groups excluding tert-OH is 1. The van der Waals surface area contributed by atoms with Gasteiger partial charge in [-0.3, -0.25) is 9.88 Å². The Labute approximate surface area is 103 Å². The van der Waals surface area contributed by atoms with Gasteiger partial charge in [-0.2, -0.15) is 0 Å². The van der Waals surface area contributed by atoms with Crippen LogP contribution in [0.25, 0.3) is 0 Å². The lowest BCUT2D eigenvalue weighted by atomic mass is 10.3. The summed E-state index contributed by atoms with van der Waals surface area (Å²) in [7, 11) is 0.